The number of hydrogen-bond donors (Lipinski definition) is 2. The Balaban J connectivity index is 1.93. The molecule has 34 heavy (non-hydrogen) atoms. The SMILES string of the molecule is COC(=O)c1c(NC(=O)c2ccc(OC)c(OC)c2)sc(C(=O)Nc2ccc(C)c(Cl)c2)c1C. The molecule has 0 radical (unpaired) electrons. The van der Waals surface area contributed by atoms with Crippen molar-refractivity contribution in [3.8, 4) is 11.5 Å². The van der Waals surface area contributed by atoms with Crippen molar-refractivity contribution in [1.29, 1.82) is 0 Å². The molecule has 0 unspecified atom stereocenters. The first-order valence-corrected chi connectivity index (χ1v) is 11.2. The highest BCUT2D eigenvalue weighted by molar-refractivity contribution is 7.19. The molecule has 0 aliphatic carbocycles. The van der Waals surface area contributed by atoms with Crippen molar-refractivity contribution in [3.63, 3.8) is 0 Å². The van der Waals surface area contributed by atoms with E-state index >= 15 is 0 Å². The summed E-state index contributed by atoms with van der Waals surface area (Å²) < 4.78 is 15.3. The van der Waals surface area contributed by atoms with Gasteiger partial charge in [0.1, 0.15) is 5.00 Å². The van der Waals surface area contributed by atoms with Gasteiger partial charge in [0.15, 0.2) is 11.5 Å². The van der Waals surface area contributed by atoms with Crippen LogP contribution >= 0.6 is 22.9 Å². The molecule has 0 saturated carbocycles. The van der Waals surface area contributed by atoms with Crippen LogP contribution in [0.15, 0.2) is 36.4 Å². The summed E-state index contributed by atoms with van der Waals surface area (Å²) in [4.78, 5) is 38.6. The van der Waals surface area contributed by atoms with Crippen molar-refractivity contribution in [2.45, 2.75) is 13.8 Å². The van der Waals surface area contributed by atoms with E-state index in [1.165, 1.54) is 27.4 Å². The fourth-order valence-corrected chi connectivity index (χ4v) is 4.44. The molecule has 10 heteroatoms. The molecule has 0 saturated heterocycles. The summed E-state index contributed by atoms with van der Waals surface area (Å²) in [7, 11) is 4.18. The minimum Gasteiger partial charge on any atom is -0.493 e. The summed E-state index contributed by atoms with van der Waals surface area (Å²) in [6, 6.07) is 9.82. The van der Waals surface area contributed by atoms with E-state index in [4.69, 9.17) is 25.8 Å². The number of amides is 2. The van der Waals surface area contributed by atoms with Crippen molar-refractivity contribution >= 4 is 51.4 Å². The summed E-state index contributed by atoms with van der Waals surface area (Å²) in [6.45, 7) is 3.47. The van der Waals surface area contributed by atoms with Crippen molar-refractivity contribution in [3.05, 3.63) is 68.6 Å². The van der Waals surface area contributed by atoms with Crippen LogP contribution in [-0.2, 0) is 4.74 Å². The lowest BCUT2D eigenvalue weighted by molar-refractivity contribution is 0.0601. The lowest BCUT2D eigenvalue weighted by Crippen LogP contribution is -2.14. The van der Waals surface area contributed by atoms with E-state index in [0.717, 1.165) is 16.9 Å². The second kappa shape index (κ2) is 10.6. The Labute approximate surface area is 205 Å². The fraction of sp³-hybridized carbons (Fsp3) is 0.208. The lowest BCUT2D eigenvalue weighted by Gasteiger charge is -2.10. The fourth-order valence-electron chi connectivity index (χ4n) is 3.18. The predicted molar refractivity (Wildman–Crippen MR) is 132 cm³/mol. The molecule has 1 heterocycles. The zero-order chi connectivity index (χ0) is 25.0. The Hall–Kier alpha value is -3.56. The number of halogens is 1. The summed E-state index contributed by atoms with van der Waals surface area (Å²) in [6.07, 6.45) is 0. The second-order valence-electron chi connectivity index (χ2n) is 7.19. The number of ether oxygens (including phenoxy) is 3. The number of benzene rings is 2. The van der Waals surface area contributed by atoms with Gasteiger partial charge in [0, 0.05) is 16.3 Å². The Kier molecular flexibility index (Phi) is 7.80. The molecule has 3 rings (SSSR count). The molecule has 3 aromatic rings. The summed E-state index contributed by atoms with van der Waals surface area (Å²) in [5, 5.41) is 6.18. The third-order valence-corrected chi connectivity index (χ3v) is 6.66. The van der Waals surface area contributed by atoms with Crippen LogP contribution in [0.4, 0.5) is 10.7 Å². The maximum absolute atomic E-state index is 13.0. The number of methoxy groups -OCH3 is 3. The molecule has 178 valence electrons. The van der Waals surface area contributed by atoms with Crippen LogP contribution in [0.25, 0.3) is 0 Å². The highest BCUT2D eigenvalue weighted by atomic mass is 35.5. The Bertz CT molecular complexity index is 1270. The van der Waals surface area contributed by atoms with E-state index in [0.29, 0.717) is 27.8 Å². The molecule has 0 fully saturated rings. The third kappa shape index (κ3) is 5.16. The monoisotopic (exact) mass is 502 g/mol. The van der Waals surface area contributed by atoms with Gasteiger partial charge >= 0.3 is 5.97 Å². The maximum Gasteiger partial charge on any atom is 0.341 e. The summed E-state index contributed by atoms with van der Waals surface area (Å²) >= 11 is 7.12. The molecule has 0 spiro atoms. The molecular weight excluding hydrogens is 480 g/mol. The van der Waals surface area contributed by atoms with Gasteiger partial charge in [-0.15, -0.1) is 11.3 Å². The number of anilines is 2. The van der Waals surface area contributed by atoms with E-state index in [2.05, 4.69) is 10.6 Å². The number of carbonyl (C=O) groups excluding carboxylic acids is 3. The van der Waals surface area contributed by atoms with Gasteiger partial charge in [-0.25, -0.2) is 4.79 Å². The number of thiophene rings is 1. The molecule has 2 N–H and O–H groups in total. The minimum absolute atomic E-state index is 0.105. The topological polar surface area (TPSA) is 103 Å². The molecule has 2 aromatic carbocycles. The van der Waals surface area contributed by atoms with E-state index in [1.54, 1.807) is 37.3 Å². The summed E-state index contributed by atoms with van der Waals surface area (Å²) in [5.41, 5.74) is 2.15. The van der Waals surface area contributed by atoms with Crippen molar-refractivity contribution in [2.75, 3.05) is 32.0 Å². The number of esters is 1. The van der Waals surface area contributed by atoms with Crippen LogP contribution < -0.4 is 20.1 Å². The van der Waals surface area contributed by atoms with Gasteiger partial charge in [-0.2, -0.15) is 0 Å². The van der Waals surface area contributed by atoms with Crippen LogP contribution in [0.1, 0.15) is 41.5 Å². The first-order chi connectivity index (χ1) is 16.2. The number of nitrogens with one attached hydrogen (secondary N) is 2. The van der Waals surface area contributed by atoms with Crippen LogP contribution in [0, 0.1) is 13.8 Å². The first-order valence-electron chi connectivity index (χ1n) is 10.0. The highest BCUT2D eigenvalue weighted by Gasteiger charge is 2.27. The smallest absolute Gasteiger partial charge is 0.341 e. The lowest BCUT2D eigenvalue weighted by atomic mass is 10.1. The molecule has 2 amide bonds. The van der Waals surface area contributed by atoms with E-state index in [-0.39, 0.29) is 21.0 Å². The van der Waals surface area contributed by atoms with Gasteiger partial charge in [0.05, 0.1) is 31.8 Å². The van der Waals surface area contributed by atoms with E-state index in [1.807, 2.05) is 6.92 Å². The number of hydrogen-bond acceptors (Lipinski definition) is 7. The molecule has 8 nitrogen and oxygen atoms in total. The number of carbonyl (C=O) groups is 3. The molecule has 0 aliphatic rings. The second-order valence-corrected chi connectivity index (χ2v) is 8.62. The van der Waals surface area contributed by atoms with Crippen LogP contribution in [0.3, 0.4) is 0 Å². The highest BCUT2D eigenvalue weighted by Crippen LogP contribution is 2.35. The van der Waals surface area contributed by atoms with Crippen LogP contribution in [-0.4, -0.2) is 39.1 Å². The van der Waals surface area contributed by atoms with Gasteiger partial charge in [-0.3, -0.25) is 9.59 Å². The quantitative estimate of drug-likeness (QED) is 0.423. The van der Waals surface area contributed by atoms with E-state index in [9.17, 15) is 14.4 Å². The first kappa shape index (κ1) is 25.1. The Morgan fingerprint density at radius 1 is 0.882 bits per heavy atom. The van der Waals surface area contributed by atoms with Gasteiger partial charge < -0.3 is 24.8 Å². The average molecular weight is 503 g/mol. The van der Waals surface area contributed by atoms with Crippen LogP contribution in [0.2, 0.25) is 5.02 Å². The maximum atomic E-state index is 13.0. The van der Waals surface area contributed by atoms with Crippen molar-refractivity contribution in [2.24, 2.45) is 0 Å². The van der Waals surface area contributed by atoms with Crippen LogP contribution in [0.5, 0.6) is 11.5 Å². The van der Waals surface area contributed by atoms with Gasteiger partial charge in [0.25, 0.3) is 11.8 Å². The summed E-state index contributed by atoms with van der Waals surface area (Å²) in [5.74, 6) is -0.767. The molecule has 0 aliphatic heterocycles. The normalized spacial score (nSPS) is 10.4. The molecule has 0 bridgehead atoms. The number of rotatable bonds is 7. The molecular formula is C24H23ClN2O6S. The Morgan fingerprint density at radius 2 is 1.59 bits per heavy atom. The van der Waals surface area contributed by atoms with Crippen molar-refractivity contribution < 1.29 is 28.6 Å². The number of aryl methyl sites for hydroxylation is 1. The van der Waals surface area contributed by atoms with E-state index < -0.39 is 17.8 Å². The average Bonchev–Trinajstić information content (AvgIpc) is 3.15. The third-order valence-electron chi connectivity index (χ3n) is 5.05. The standard InChI is InChI=1S/C24H23ClN2O6S/c1-12-6-8-15(11-16(12)25)26-22(29)20-13(2)19(24(30)33-5)23(34-20)27-21(28)14-7-9-17(31-3)18(10-14)32-4/h6-11H,1-5H3,(H,26,29)(H,27,28). The molecule has 1 aromatic heterocycles. The van der Waals surface area contributed by atoms with Gasteiger partial charge in [-0.05, 0) is 55.3 Å². The van der Waals surface area contributed by atoms with Crippen molar-refractivity contribution in [1.82, 2.24) is 0 Å². The zero-order valence-electron chi connectivity index (χ0n) is 19.2. The Morgan fingerprint density at radius 3 is 2.21 bits per heavy atom. The van der Waals surface area contributed by atoms with Gasteiger partial charge in [0.2, 0.25) is 0 Å². The zero-order valence-corrected chi connectivity index (χ0v) is 20.8. The predicted octanol–water partition coefficient (Wildman–Crippen LogP) is 5.33. The van der Waals surface area contributed by atoms with Gasteiger partial charge in [-0.1, -0.05) is 17.7 Å². The minimum atomic E-state index is -0.672. The molecule has 0 atom stereocenters. The largest absolute Gasteiger partial charge is 0.493 e.